The molecule has 1 N–H and O–H groups in total. The van der Waals surface area contributed by atoms with Gasteiger partial charge in [0, 0.05) is 30.0 Å². The van der Waals surface area contributed by atoms with Crippen LogP contribution in [0.1, 0.15) is 45.4 Å². The molecule has 1 aromatic carbocycles. The lowest BCUT2D eigenvalue weighted by Gasteiger charge is -2.36. The summed E-state index contributed by atoms with van der Waals surface area (Å²) in [5.41, 5.74) is 0.935. The number of halogens is 2. The summed E-state index contributed by atoms with van der Waals surface area (Å²) >= 11 is 1.24. The van der Waals surface area contributed by atoms with Crippen LogP contribution in [0.25, 0.3) is 11.3 Å². The van der Waals surface area contributed by atoms with Crippen molar-refractivity contribution in [2.75, 3.05) is 31.5 Å². The smallest absolute Gasteiger partial charge is 0.243 e. The summed E-state index contributed by atoms with van der Waals surface area (Å²) in [7, 11) is 0. The number of nitrogens with zero attached hydrogens (tertiary/aromatic N) is 3. The van der Waals surface area contributed by atoms with Crippen molar-refractivity contribution in [2.45, 2.75) is 51.5 Å². The molecule has 2 aliphatic rings. The number of hydrogen-bond acceptors (Lipinski definition) is 5. The molecule has 2 aliphatic heterocycles. The Balaban J connectivity index is 1.29. The average Bonchev–Trinajstić information content (AvgIpc) is 3.11. The molecule has 2 aromatic rings. The topological polar surface area (TPSA) is 65.5 Å². The van der Waals surface area contributed by atoms with E-state index in [0.717, 1.165) is 50.9 Å². The van der Waals surface area contributed by atoms with Gasteiger partial charge < -0.3 is 10.2 Å². The van der Waals surface area contributed by atoms with E-state index < -0.39 is 11.6 Å². The molecule has 2 saturated heterocycles. The Kier molecular flexibility index (Phi) is 7.70. The lowest BCUT2D eigenvalue weighted by molar-refractivity contribution is -0.137. The van der Waals surface area contributed by atoms with E-state index in [9.17, 15) is 18.4 Å². The first-order valence-corrected chi connectivity index (χ1v) is 12.5. The van der Waals surface area contributed by atoms with E-state index in [1.807, 2.05) is 11.8 Å². The number of piperidine rings is 1. The number of nitrogens with one attached hydrogen (secondary N) is 1. The highest BCUT2D eigenvalue weighted by Gasteiger charge is 2.32. The predicted molar refractivity (Wildman–Crippen MR) is 125 cm³/mol. The molecule has 1 atom stereocenters. The predicted octanol–water partition coefficient (Wildman–Crippen LogP) is 4.53. The van der Waals surface area contributed by atoms with Gasteiger partial charge >= 0.3 is 0 Å². The van der Waals surface area contributed by atoms with Crippen molar-refractivity contribution in [1.29, 1.82) is 0 Å². The van der Waals surface area contributed by atoms with Gasteiger partial charge in [0.25, 0.3) is 0 Å². The zero-order valence-electron chi connectivity index (χ0n) is 18.9. The van der Waals surface area contributed by atoms with E-state index in [0.29, 0.717) is 29.5 Å². The number of carbonyl (C=O) groups excluding carboxylic acids is 2. The van der Waals surface area contributed by atoms with Crippen LogP contribution < -0.4 is 5.32 Å². The highest BCUT2D eigenvalue weighted by atomic mass is 32.1. The molecular formula is C24H30F2N4O2S. The maximum atomic E-state index is 13.5. The number of aromatic nitrogens is 1. The summed E-state index contributed by atoms with van der Waals surface area (Å²) in [6, 6.07) is 3.26. The summed E-state index contributed by atoms with van der Waals surface area (Å²) in [5, 5.41) is 4.95. The zero-order valence-corrected chi connectivity index (χ0v) is 19.7. The van der Waals surface area contributed by atoms with Gasteiger partial charge in [0.15, 0.2) is 16.8 Å². The number of amides is 2. The Hall–Kier alpha value is -2.39. The van der Waals surface area contributed by atoms with Crippen LogP contribution in [0.2, 0.25) is 0 Å². The van der Waals surface area contributed by atoms with Crippen LogP contribution in [-0.4, -0.2) is 58.8 Å². The molecule has 2 amide bonds. The normalized spacial score (nSPS) is 19.2. The van der Waals surface area contributed by atoms with E-state index in [4.69, 9.17) is 0 Å². The molecule has 9 heteroatoms. The fourth-order valence-electron chi connectivity index (χ4n) is 4.58. The Labute approximate surface area is 197 Å². The number of rotatable bonds is 5. The van der Waals surface area contributed by atoms with Gasteiger partial charge in [-0.05, 0) is 63.9 Å². The molecule has 33 heavy (non-hydrogen) atoms. The van der Waals surface area contributed by atoms with Crippen molar-refractivity contribution in [3.63, 3.8) is 0 Å². The molecule has 1 aromatic heterocycles. The second kappa shape index (κ2) is 10.7. The van der Waals surface area contributed by atoms with Gasteiger partial charge in [-0.2, -0.15) is 0 Å². The van der Waals surface area contributed by atoms with Gasteiger partial charge in [0.05, 0.1) is 11.7 Å². The van der Waals surface area contributed by atoms with E-state index in [1.54, 1.807) is 5.38 Å². The van der Waals surface area contributed by atoms with E-state index in [1.165, 1.54) is 30.2 Å². The molecule has 0 aliphatic carbocycles. The Morgan fingerprint density at radius 1 is 1.06 bits per heavy atom. The molecule has 0 spiro atoms. The standard InChI is InChI=1S/C24H30F2N4O2S/c1-16(29-12-8-17(9-13-29)23(32)30-10-4-2-3-5-11-30)22(31)28-24-27-21(15-33-24)18-6-7-19(25)20(26)14-18/h6-7,14-17H,2-5,8-13H2,1H3,(H,27,28,31). The lowest BCUT2D eigenvalue weighted by Crippen LogP contribution is -2.48. The summed E-state index contributed by atoms with van der Waals surface area (Å²) in [4.78, 5) is 34.2. The molecule has 4 rings (SSSR count). The maximum absolute atomic E-state index is 13.5. The maximum Gasteiger partial charge on any atom is 0.243 e. The van der Waals surface area contributed by atoms with Crippen LogP contribution in [-0.2, 0) is 9.59 Å². The zero-order chi connectivity index (χ0) is 23.4. The van der Waals surface area contributed by atoms with Crippen LogP contribution in [0.3, 0.4) is 0 Å². The second-order valence-corrected chi connectivity index (χ2v) is 9.74. The minimum atomic E-state index is -0.933. The number of hydrogen-bond donors (Lipinski definition) is 1. The summed E-state index contributed by atoms with van der Waals surface area (Å²) in [6.07, 6.45) is 6.13. The van der Waals surface area contributed by atoms with Gasteiger partial charge in [-0.3, -0.25) is 14.5 Å². The second-order valence-electron chi connectivity index (χ2n) is 8.88. The molecule has 0 saturated carbocycles. The van der Waals surface area contributed by atoms with Gasteiger partial charge in [-0.25, -0.2) is 13.8 Å². The molecule has 1 unspecified atom stereocenters. The Bertz CT molecular complexity index is 983. The highest BCUT2D eigenvalue weighted by Crippen LogP contribution is 2.27. The fourth-order valence-corrected chi connectivity index (χ4v) is 5.30. The van der Waals surface area contributed by atoms with Crippen molar-refractivity contribution < 1.29 is 18.4 Å². The van der Waals surface area contributed by atoms with E-state index in [-0.39, 0.29) is 23.8 Å². The van der Waals surface area contributed by atoms with Crippen molar-refractivity contribution in [3.8, 4) is 11.3 Å². The van der Waals surface area contributed by atoms with E-state index >= 15 is 0 Å². The first kappa shape index (κ1) is 23.8. The van der Waals surface area contributed by atoms with Gasteiger partial charge in [-0.15, -0.1) is 11.3 Å². The van der Waals surface area contributed by atoms with Crippen molar-refractivity contribution in [2.24, 2.45) is 5.92 Å². The third kappa shape index (κ3) is 5.76. The van der Waals surface area contributed by atoms with Crippen LogP contribution in [0.4, 0.5) is 13.9 Å². The van der Waals surface area contributed by atoms with Crippen molar-refractivity contribution in [3.05, 3.63) is 35.2 Å². The molecule has 0 radical (unpaired) electrons. The SMILES string of the molecule is CC(C(=O)Nc1nc(-c2ccc(F)c(F)c2)cs1)N1CCC(C(=O)N2CCCCCC2)CC1. The first-order valence-electron chi connectivity index (χ1n) is 11.7. The van der Waals surface area contributed by atoms with Crippen LogP contribution in [0.15, 0.2) is 23.6 Å². The van der Waals surface area contributed by atoms with Crippen molar-refractivity contribution >= 4 is 28.3 Å². The molecule has 2 fully saturated rings. The lowest BCUT2D eigenvalue weighted by atomic mass is 9.94. The van der Waals surface area contributed by atoms with Gasteiger partial charge in [-0.1, -0.05) is 12.8 Å². The monoisotopic (exact) mass is 476 g/mol. The minimum absolute atomic E-state index is 0.0484. The number of carbonyl (C=O) groups is 2. The van der Waals surface area contributed by atoms with Crippen LogP contribution in [0, 0.1) is 17.6 Å². The molecule has 3 heterocycles. The summed E-state index contributed by atoms with van der Waals surface area (Å²) in [6.45, 7) is 5.01. The number of benzene rings is 1. The van der Waals surface area contributed by atoms with E-state index in [2.05, 4.69) is 15.2 Å². The van der Waals surface area contributed by atoms with Gasteiger partial charge in [0.1, 0.15) is 0 Å². The Morgan fingerprint density at radius 3 is 2.42 bits per heavy atom. The average molecular weight is 477 g/mol. The molecule has 178 valence electrons. The number of likely N-dealkylation sites (tertiary alicyclic amines) is 2. The van der Waals surface area contributed by atoms with Gasteiger partial charge in [0.2, 0.25) is 11.8 Å². The summed E-state index contributed by atoms with van der Waals surface area (Å²) < 4.78 is 26.7. The quantitative estimate of drug-likeness (QED) is 0.689. The summed E-state index contributed by atoms with van der Waals surface area (Å²) in [5.74, 6) is -1.68. The van der Waals surface area contributed by atoms with Crippen LogP contribution in [0.5, 0.6) is 0 Å². The third-order valence-electron chi connectivity index (χ3n) is 6.67. The minimum Gasteiger partial charge on any atom is -0.342 e. The first-order chi connectivity index (χ1) is 15.9. The third-order valence-corrected chi connectivity index (χ3v) is 7.43. The van der Waals surface area contributed by atoms with Crippen molar-refractivity contribution in [1.82, 2.24) is 14.8 Å². The largest absolute Gasteiger partial charge is 0.342 e. The fraction of sp³-hybridized carbons (Fsp3) is 0.542. The van der Waals surface area contributed by atoms with Crippen LogP contribution >= 0.6 is 11.3 Å². The number of anilines is 1. The highest BCUT2D eigenvalue weighted by molar-refractivity contribution is 7.14. The number of thiazole rings is 1. The molecular weight excluding hydrogens is 446 g/mol. The Morgan fingerprint density at radius 2 is 1.76 bits per heavy atom. The molecule has 6 nitrogen and oxygen atoms in total. The molecule has 0 bridgehead atoms.